The van der Waals surface area contributed by atoms with E-state index in [4.69, 9.17) is 26.0 Å². The lowest BCUT2D eigenvalue weighted by molar-refractivity contribution is -0.153. The Labute approximate surface area is 167 Å². The Morgan fingerprint density at radius 3 is 2.96 bits per heavy atom. The topological polar surface area (TPSA) is 114 Å². The minimum absolute atomic E-state index is 0.0319. The quantitative estimate of drug-likeness (QED) is 0.614. The molecule has 0 saturated heterocycles. The number of anilines is 1. The Balaban J connectivity index is 1.58. The van der Waals surface area contributed by atoms with Crippen LogP contribution in [0.2, 0.25) is 5.02 Å². The predicted molar refractivity (Wildman–Crippen MR) is 103 cm³/mol. The summed E-state index contributed by atoms with van der Waals surface area (Å²) in [5, 5.41) is 14.0. The molecule has 0 saturated carbocycles. The first-order valence-electron chi connectivity index (χ1n) is 8.16. The molecule has 1 atom stereocenters. The molecule has 2 heterocycles. The summed E-state index contributed by atoms with van der Waals surface area (Å²) in [6.45, 7) is 1.46. The van der Waals surface area contributed by atoms with E-state index < -0.39 is 23.7 Å². The zero-order chi connectivity index (χ0) is 20.3. The van der Waals surface area contributed by atoms with Crippen molar-refractivity contribution in [1.82, 2.24) is 4.57 Å². The molecule has 0 aliphatic rings. The van der Waals surface area contributed by atoms with Crippen molar-refractivity contribution in [2.45, 2.75) is 26.0 Å². The monoisotopic (exact) mass is 419 g/mol. The Bertz CT molecular complexity index is 1140. The van der Waals surface area contributed by atoms with Gasteiger partial charge < -0.3 is 14.5 Å². The van der Waals surface area contributed by atoms with Gasteiger partial charge in [0.15, 0.2) is 11.7 Å². The van der Waals surface area contributed by atoms with E-state index in [-0.39, 0.29) is 13.0 Å². The molecule has 1 amide bonds. The number of hydrogen-bond donors (Lipinski definition) is 1. The number of halogens is 1. The number of benzene rings is 1. The minimum atomic E-state index is -1.06. The largest absolute Gasteiger partial charge is 0.452 e. The number of aryl methyl sites for hydroxylation is 1. The summed E-state index contributed by atoms with van der Waals surface area (Å²) in [5.41, 5.74) is 1.17. The first-order valence-corrected chi connectivity index (χ1v) is 9.41. The highest BCUT2D eigenvalue weighted by molar-refractivity contribution is 7.14. The number of carbonyl (C=O) groups excluding carboxylic acids is 2. The van der Waals surface area contributed by atoms with Gasteiger partial charge in [0, 0.05) is 17.6 Å². The molecule has 2 aromatic heterocycles. The molecule has 0 radical (unpaired) electrons. The number of nitrogens with one attached hydrogen (secondary N) is 1. The number of esters is 1. The molecular formula is C18H14ClN3O5S. The van der Waals surface area contributed by atoms with Gasteiger partial charge in [-0.15, -0.1) is 11.3 Å². The fraction of sp³-hybridized carbons (Fsp3) is 0.222. The van der Waals surface area contributed by atoms with Gasteiger partial charge in [-0.25, -0.2) is 4.79 Å². The van der Waals surface area contributed by atoms with Crippen LogP contribution in [0.25, 0.3) is 11.1 Å². The van der Waals surface area contributed by atoms with E-state index in [9.17, 15) is 14.4 Å². The van der Waals surface area contributed by atoms with Gasteiger partial charge in [-0.05, 0) is 30.5 Å². The van der Waals surface area contributed by atoms with Crippen LogP contribution in [0.5, 0.6) is 0 Å². The van der Waals surface area contributed by atoms with Gasteiger partial charge in [0.1, 0.15) is 11.1 Å². The number of hydrogen-bond acceptors (Lipinski definition) is 7. The van der Waals surface area contributed by atoms with Gasteiger partial charge in [0.05, 0.1) is 17.5 Å². The third kappa shape index (κ3) is 4.24. The van der Waals surface area contributed by atoms with Crippen molar-refractivity contribution in [3.63, 3.8) is 0 Å². The van der Waals surface area contributed by atoms with Crippen LogP contribution < -0.4 is 11.1 Å². The molecular weight excluding hydrogens is 406 g/mol. The molecule has 144 valence electrons. The fourth-order valence-electron chi connectivity index (χ4n) is 2.47. The van der Waals surface area contributed by atoms with Crippen molar-refractivity contribution < 1.29 is 18.7 Å². The molecule has 1 N–H and O–H groups in total. The van der Waals surface area contributed by atoms with Gasteiger partial charge in [0.25, 0.3) is 5.91 Å². The van der Waals surface area contributed by atoms with Gasteiger partial charge in [0.2, 0.25) is 0 Å². The highest BCUT2D eigenvalue weighted by Crippen LogP contribution is 2.22. The lowest BCUT2D eigenvalue weighted by Gasteiger charge is -2.13. The molecule has 3 aromatic rings. The predicted octanol–water partition coefficient (Wildman–Crippen LogP) is 3.14. The number of carbonyl (C=O) groups is 2. The van der Waals surface area contributed by atoms with Crippen LogP contribution in [0.3, 0.4) is 0 Å². The average molecular weight is 420 g/mol. The van der Waals surface area contributed by atoms with Crippen LogP contribution >= 0.6 is 22.9 Å². The maximum absolute atomic E-state index is 12.1. The van der Waals surface area contributed by atoms with Crippen molar-refractivity contribution >= 4 is 50.9 Å². The number of aromatic nitrogens is 1. The van der Waals surface area contributed by atoms with E-state index in [1.165, 1.54) is 28.9 Å². The van der Waals surface area contributed by atoms with E-state index >= 15 is 0 Å². The molecule has 8 nitrogen and oxygen atoms in total. The maximum atomic E-state index is 12.1. The van der Waals surface area contributed by atoms with E-state index in [0.29, 0.717) is 26.7 Å². The Hall–Kier alpha value is -3.09. The second-order valence-corrected chi connectivity index (χ2v) is 7.13. The number of amides is 1. The van der Waals surface area contributed by atoms with E-state index in [2.05, 4.69) is 5.32 Å². The summed E-state index contributed by atoms with van der Waals surface area (Å²) in [4.78, 5) is 36.1. The third-order valence-corrected chi connectivity index (χ3v) is 4.93. The molecule has 0 aliphatic heterocycles. The number of nitriles is 1. The van der Waals surface area contributed by atoms with Crippen molar-refractivity contribution in [3.8, 4) is 6.07 Å². The number of oxazole rings is 1. The molecule has 0 fully saturated rings. The Morgan fingerprint density at radius 1 is 1.43 bits per heavy atom. The normalized spacial score (nSPS) is 11.8. The number of nitrogens with zero attached hydrogens (tertiary/aromatic N) is 2. The maximum Gasteiger partial charge on any atom is 0.419 e. The third-order valence-electron chi connectivity index (χ3n) is 3.87. The molecule has 0 unspecified atom stereocenters. The van der Waals surface area contributed by atoms with E-state index in [1.807, 2.05) is 6.07 Å². The zero-order valence-electron chi connectivity index (χ0n) is 14.6. The van der Waals surface area contributed by atoms with Crippen molar-refractivity contribution in [2.24, 2.45) is 0 Å². The Kier molecular flexibility index (Phi) is 5.82. The highest BCUT2D eigenvalue weighted by atomic mass is 35.5. The minimum Gasteiger partial charge on any atom is -0.452 e. The van der Waals surface area contributed by atoms with Gasteiger partial charge in [-0.1, -0.05) is 11.6 Å². The van der Waals surface area contributed by atoms with Gasteiger partial charge in [-0.2, -0.15) is 5.26 Å². The zero-order valence-corrected chi connectivity index (χ0v) is 16.2. The van der Waals surface area contributed by atoms with Crippen LogP contribution in [0, 0.1) is 11.3 Å². The standard InChI is InChI=1S/C18H14ClN3O5S/c1-10(16(24)21-17-11(9-20)5-7-28-17)26-15(23)4-6-22-13-3-2-12(19)8-14(13)27-18(22)25/h2-3,5,7-8,10H,4,6H2,1H3,(H,21,24)/t10-/m1/s1. The van der Waals surface area contributed by atoms with Crippen molar-refractivity contribution in [3.05, 3.63) is 50.8 Å². The second kappa shape index (κ2) is 8.29. The smallest absolute Gasteiger partial charge is 0.419 e. The fourth-order valence-corrected chi connectivity index (χ4v) is 3.37. The highest BCUT2D eigenvalue weighted by Gasteiger charge is 2.20. The second-order valence-electron chi connectivity index (χ2n) is 5.78. The van der Waals surface area contributed by atoms with Crippen LogP contribution in [-0.2, 0) is 20.9 Å². The summed E-state index contributed by atoms with van der Waals surface area (Å²) in [6.07, 6.45) is -1.19. The molecule has 3 rings (SSSR count). The van der Waals surface area contributed by atoms with Crippen molar-refractivity contribution in [2.75, 3.05) is 5.32 Å². The van der Waals surface area contributed by atoms with Crippen LogP contribution in [0.1, 0.15) is 18.9 Å². The first-order chi connectivity index (χ1) is 13.4. The molecule has 10 heteroatoms. The molecule has 0 bridgehead atoms. The number of fused-ring (bicyclic) bond motifs is 1. The number of rotatable bonds is 6. The lowest BCUT2D eigenvalue weighted by atomic mass is 10.3. The van der Waals surface area contributed by atoms with E-state index in [0.717, 1.165) is 0 Å². The SMILES string of the molecule is C[C@@H](OC(=O)CCn1c(=O)oc2cc(Cl)ccc21)C(=O)Nc1sccc1C#N. The summed E-state index contributed by atoms with van der Waals surface area (Å²) in [6, 6.07) is 8.29. The van der Waals surface area contributed by atoms with Crippen LogP contribution in [0.4, 0.5) is 5.00 Å². The summed E-state index contributed by atoms with van der Waals surface area (Å²) in [5.74, 6) is -1.81. The van der Waals surface area contributed by atoms with E-state index in [1.54, 1.807) is 23.6 Å². The lowest BCUT2D eigenvalue weighted by Crippen LogP contribution is -2.30. The van der Waals surface area contributed by atoms with Crippen LogP contribution in [-0.4, -0.2) is 22.5 Å². The molecule has 28 heavy (non-hydrogen) atoms. The van der Waals surface area contributed by atoms with Crippen LogP contribution in [0.15, 0.2) is 38.9 Å². The average Bonchev–Trinajstić information content (AvgIpc) is 3.22. The Morgan fingerprint density at radius 2 is 2.21 bits per heavy atom. The van der Waals surface area contributed by atoms with Gasteiger partial charge in [-0.3, -0.25) is 14.2 Å². The molecule has 0 spiro atoms. The summed E-state index contributed by atoms with van der Waals surface area (Å²) in [7, 11) is 0. The molecule has 0 aliphatic carbocycles. The van der Waals surface area contributed by atoms with Gasteiger partial charge >= 0.3 is 11.7 Å². The number of ether oxygens (including phenoxy) is 1. The molecule has 1 aromatic carbocycles. The summed E-state index contributed by atoms with van der Waals surface area (Å²) >= 11 is 7.06. The first kappa shape index (κ1) is 19.7. The number of thiophene rings is 1. The van der Waals surface area contributed by atoms with Crippen molar-refractivity contribution in [1.29, 1.82) is 5.26 Å². The summed E-state index contributed by atoms with van der Waals surface area (Å²) < 4.78 is 11.5.